The minimum absolute atomic E-state index is 0.00234. The zero-order chi connectivity index (χ0) is 17.8. The minimum atomic E-state index is -0.904. The second-order valence-corrected chi connectivity index (χ2v) is 6.00. The molecule has 25 heavy (non-hydrogen) atoms. The molecular weight excluding hydrogens is 336 g/mol. The molecule has 136 valence electrons. The second-order valence-electron chi connectivity index (χ2n) is 6.00. The highest BCUT2D eigenvalue weighted by Crippen LogP contribution is 2.22. The number of nitrogens with zero attached hydrogens (tertiary/aromatic N) is 3. The fourth-order valence-corrected chi connectivity index (χ4v) is 2.82. The van der Waals surface area contributed by atoms with Crippen molar-refractivity contribution in [1.29, 1.82) is 0 Å². The quantitative estimate of drug-likeness (QED) is 0.872. The molecule has 1 unspecified atom stereocenters. The number of oxime groups is 1. The van der Waals surface area contributed by atoms with Crippen LogP contribution in [0.1, 0.15) is 6.42 Å². The summed E-state index contributed by atoms with van der Waals surface area (Å²) in [6, 6.07) is 3.54. The molecule has 2 aliphatic rings. The molecule has 2 heterocycles. The van der Waals surface area contributed by atoms with Crippen molar-refractivity contribution in [3.05, 3.63) is 29.8 Å². The van der Waals surface area contributed by atoms with Crippen LogP contribution in [0.4, 0.5) is 13.6 Å². The molecule has 1 aromatic rings. The SMILES string of the molecule is O=C(O)N1CCN(CC2=NOC(COc3c(F)cccc3F)C2)CC1. The molecule has 1 saturated heterocycles. The van der Waals surface area contributed by atoms with Crippen LogP contribution in [0.15, 0.2) is 23.4 Å². The van der Waals surface area contributed by atoms with Crippen LogP contribution < -0.4 is 4.74 Å². The van der Waals surface area contributed by atoms with E-state index in [4.69, 9.17) is 14.7 Å². The summed E-state index contributed by atoms with van der Waals surface area (Å²) in [6.07, 6.45) is -0.789. The third-order valence-electron chi connectivity index (χ3n) is 4.18. The Kier molecular flexibility index (Phi) is 5.32. The summed E-state index contributed by atoms with van der Waals surface area (Å²) in [5.74, 6) is -1.92. The summed E-state index contributed by atoms with van der Waals surface area (Å²) in [5, 5.41) is 12.9. The predicted octanol–water partition coefficient (Wildman–Crippen LogP) is 1.78. The van der Waals surface area contributed by atoms with Crippen LogP contribution in [-0.4, -0.2) is 72.1 Å². The van der Waals surface area contributed by atoms with Gasteiger partial charge in [0.1, 0.15) is 6.61 Å². The number of rotatable bonds is 5. The average Bonchev–Trinajstić information content (AvgIpc) is 3.02. The fraction of sp³-hybridized carbons (Fsp3) is 0.500. The number of hydrogen-bond acceptors (Lipinski definition) is 5. The Morgan fingerprint density at radius 3 is 2.60 bits per heavy atom. The molecule has 0 bridgehead atoms. The summed E-state index contributed by atoms with van der Waals surface area (Å²) in [5.41, 5.74) is 0.811. The number of benzene rings is 1. The molecule has 2 aliphatic heterocycles. The summed E-state index contributed by atoms with van der Waals surface area (Å²) in [4.78, 5) is 19.6. The lowest BCUT2D eigenvalue weighted by molar-refractivity contribution is 0.0446. The Morgan fingerprint density at radius 2 is 1.96 bits per heavy atom. The van der Waals surface area contributed by atoms with Gasteiger partial charge in [-0.25, -0.2) is 13.6 Å². The molecule has 0 aromatic heterocycles. The Hall–Kier alpha value is -2.42. The normalized spacial score (nSPS) is 21.0. The van der Waals surface area contributed by atoms with Gasteiger partial charge in [-0.1, -0.05) is 11.2 Å². The van der Waals surface area contributed by atoms with Crippen molar-refractivity contribution in [2.45, 2.75) is 12.5 Å². The molecule has 7 nitrogen and oxygen atoms in total. The summed E-state index contributed by atoms with van der Waals surface area (Å²) in [6.45, 7) is 2.76. The second kappa shape index (κ2) is 7.64. The largest absolute Gasteiger partial charge is 0.484 e. The standard InChI is InChI=1S/C16H19F2N3O4/c17-13-2-1-3-14(18)15(13)24-10-12-8-11(19-25-12)9-20-4-6-21(7-5-20)16(22)23/h1-3,12H,4-10H2,(H,22,23). The van der Waals surface area contributed by atoms with Crippen molar-refractivity contribution in [3.63, 3.8) is 0 Å². The lowest BCUT2D eigenvalue weighted by atomic mass is 10.1. The third kappa shape index (κ3) is 4.36. The predicted molar refractivity (Wildman–Crippen MR) is 84.8 cm³/mol. The number of piperazine rings is 1. The zero-order valence-electron chi connectivity index (χ0n) is 13.5. The maximum absolute atomic E-state index is 13.5. The van der Waals surface area contributed by atoms with Gasteiger partial charge in [0.15, 0.2) is 23.5 Å². The number of carboxylic acid groups (broad SMARTS) is 1. The Balaban J connectivity index is 1.42. The highest BCUT2D eigenvalue weighted by molar-refractivity contribution is 5.87. The number of carbonyl (C=O) groups is 1. The number of ether oxygens (including phenoxy) is 1. The number of para-hydroxylation sites is 1. The van der Waals surface area contributed by atoms with Crippen molar-refractivity contribution in [2.75, 3.05) is 39.3 Å². The number of hydrogen-bond donors (Lipinski definition) is 1. The first-order valence-corrected chi connectivity index (χ1v) is 8.01. The molecule has 1 fully saturated rings. The average molecular weight is 355 g/mol. The zero-order valence-corrected chi connectivity index (χ0v) is 13.5. The monoisotopic (exact) mass is 355 g/mol. The number of halogens is 2. The van der Waals surface area contributed by atoms with E-state index in [9.17, 15) is 13.6 Å². The van der Waals surface area contributed by atoms with Gasteiger partial charge in [0, 0.05) is 39.1 Å². The van der Waals surface area contributed by atoms with Gasteiger partial charge in [-0.2, -0.15) is 0 Å². The van der Waals surface area contributed by atoms with E-state index >= 15 is 0 Å². The molecule has 3 rings (SSSR count). The molecule has 1 N–H and O–H groups in total. The van der Waals surface area contributed by atoms with E-state index in [0.29, 0.717) is 39.1 Å². The van der Waals surface area contributed by atoms with Crippen LogP contribution in [0.2, 0.25) is 0 Å². The lowest BCUT2D eigenvalue weighted by Crippen LogP contribution is -2.49. The van der Waals surface area contributed by atoms with E-state index in [2.05, 4.69) is 10.1 Å². The smallest absolute Gasteiger partial charge is 0.407 e. The van der Waals surface area contributed by atoms with Gasteiger partial charge < -0.3 is 19.6 Å². The molecule has 1 atom stereocenters. The molecule has 0 spiro atoms. The van der Waals surface area contributed by atoms with Crippen LogP contribution in [0.25, 0.3) is 0 Å². The molecule has 1 amide bonds. The maximum atomic E-state index is 13.5. The van der Waals surface area contributed by atoms with Gasteiger partial charge in [-0.05, 0) is 12.1 Å². The Labute approximate surface area is 143 Å². The van der Waals surface area contributed by atoms with Gasteiger partial charge in [-0.15, -0.1) is 0 Å². The van der Waals surface area contributed by atoms with Crippen LogP contribution in [0.3, 0.4) is 0 Å². The molecule has 0 saturated carbocycles. The van der Waals surface area contributed by atoms with E-state index in [1.807, 2.05) is 0 Å². The van der Waals surface area contributed by atoms with Crippen molar-refractivity contribution < 1.29 is 28.3 Å². The minimum Gasteiger partial charge on any atom is -0.484 e. The first-order chi connectivity index (χ1) is 12.0. The van der Waals surface area contributed by atoms with Gasteiger partial charge in [-0.3, -0.25) is 4.90 Å². The summed E-state index contributed by atoms with van der Waals surface area (Å²) < 4.78 is 32.2. The Morgan fingerprint density at radius 1 is 1.28 bits per heavy atom. The molecule has 9 heteroatoms. The molecule has 1 aromatic carbocycles. The fourth-order valence-electron chi connectivity index (χ4n) is 2.82. The molecule has 0 radical (unpaired) electrons. The van der Waals surface area contributed by atoms with E-state index < -0.39 is 29.6 Å². The number of amides is 1. The van der Waals surface area contributed by atoms with Crippen molar-refractivity contribution in [2.24, 2.45) is 5.16 Å². The van der Waals surface area contributed by atoms with Gasteiger partial charge >= 0.3 is 6.09 Å². The van der Waals surface area contributed by atoms with E-state index in [1.54, 1.807) is 0 Å². The summed E-state index contributed by atoms with van der Waals surface area (Å²) in [7, 11) is 0. The Bertz CT molecular complexity index is 643. The van der Waals surface area contributed by atoms with Gasteiger partial charge in [0.2, 0.25) is 0 Å². The third-order valence-corrected chi connectivity index (χ3v) is 4.18. The first-order valence-electron chi connectivity index (χ1n) is 8.01. The van der Waals surface area contributed by atoms with Crippen molar-refractivity contribution in [1.82, 2.24) is 9.80 Å². The highest BCUT2D eigenvalue weighted by Gasteiger charge is 2.26. The van der Waals surface area contributed by atoms with Crippen LogP contribution in [-0.2, 0) is 4.84 Å². The van der Waals surface area contributed by atoms with Crippen LogP contribution in [0.5, 0.6) is 5.75 Å². The lowest BCUT2D eigenvalue weighted by Gasteiger charge is -2.32. The van der Waals surface area contributed by atoms with Gasteiger partial charge in [0.05, 0.1) is 5.71 Å². The van der Waals surface area contributed by atoms with Crippen LogP contribution in [0, 0.1) is 11.6 Å². The molecular formula is C16H19F2N3O4. The first kappa shape index (κ1) is 17.4. The van der Waals surface area contributed by atoms with Crippen molar-refractivity contribution in [3.8, 4) is 5.75 Å². The molecule has 0 aliphatic carbocycles. The van der Waals surface area contributed by atoms with Crippen molar-refractivity contribution >= 4 is 11.8 Å². The highest BCUT2D eigenvalue weighted by atomic mass is 19.1. The van der Waals surface area contributed by atoms with E-state index in [-0.39, 0.29) is 6.61 Å². The van der Waals surface area contributed by atoms with E-state index in [1.165, 1.54) is 11.0 Å². The topological polar surface area (TPSA) is 74.6 Å². The van der Waals surface area contributed by atoms with Crippen LogP contribution >= 0.6 is 0 Å². The van der Waals surface area contributed by atoms with E-state index in [0.717, 1.165) is 17.8 Å². The maximum Gasteiger partial charge on any atom is 0.407 e. The van der Waals surface area contributed by atoms with Gasteiger partial charge in [0.25, 0.3) is 0 Å². The summed E-state index contributed by atoms with van der Waals surface area (Å²) >= 11 is 0.